The average molecular weight is 349 g/mol. The minimum Gasteiger partial charge on any atom is -0.355 e. The molecular formula is C21H23N3O2. The van der Waals surface area contributed by atoms with E-state index in [1.165, 1.54) is 10.9 Å². The van der Waals surface area contributed by atoms with Crippen molar-refractivity contribution in [2.24, 2.45) is 0 Å². The van der Waals surface area contributed by atoms with E-state index in [1.807, 2.05) is 31.2 Å². The zero-order valence-corrected chi connectivity index (χ0v) is 14.9. The lowest BCUT2D eigenvalue weighted by atomic mass is 10.1. The number of benzene rings is 2. The molecule has 2 aromatic carbocycles. The summed E-state index contributed by atoms with van der Waals surface area (Å²) < 4.78 is 2.18. The van der Waals surface area contributed by atoms with Crippen molar-refractivity contribution < 1.29 is 9.59 Å². The van der Waals surface area contributed by atoms with E-state index in [9.17, 15) is 9.59 Å². The Morgan fingerprint density at radius 3 is 2.69 bits per heavy atom. The fourth-order valence-corrected chi connectivity index (χ4v) is 2.92. The summed E-state index contributed by atoms with van der Waals surface area (Å²) in [6, 6.07) is 17.6. The van der Waals surface area contributed by atoms with E-state index in [0.717, 1.165) is 18.5 Å². The lowest BCUT2D eigenvalue weighted by Gasteiger charge is -2.08. The van der Waals surface area contributed by atoms with Crippen LogP contribution in [-0.2, 0) is 11.3 Å². The Balaban J connectivity index is 1.38. The first-order valence-corrected chi connectivity index (χ1v) is 8.79. The van der Waals surface area contributed by atoms with Crippen molar-refractivity contribution in [2.75, 3.05) is 13.1 Å². The fraction of sp³-hybridized carbons (Fsp3) is 0.238. The standard InChI is InChI=1S/C21H23N3O2/c1-16-6-4-8-18(14-16)21(26)23-15-20(25)22-11-5-12-24-13-10-17-7-2-3-9-19(17)24/h2-4,6-10,13-14H,5,11-12,15H2,1H3,(H,22,25)(H,23,26). The van der Waals surface area contributed by atoms with Crippen molar-refractivity contribution in [3.63, 3.8) is 0 Å². The minimum absolute atomic E-state index is 0.0147. The molecule has 1 heterocycles. The molecule has 2 amide bonds. The van der Waals surface area contributed by atoms with E-state index in [0.29, 0.717) is 12.1 Å². The van der Waals surface area contributed by atoms with Crippen LogP contribution in [0.2, 0.25) is 0 Å². The van der Waals surface area contributed by atoms with Gasteiger partial charge in [0, 0.05) is 30.4 Å². The number of nitrogens with zero attached hydrogens (tertiary/aromatic N) is 1. The molecule has 0 fully saturated rings. The van der Waals surface area contributed by atoms with E-state index in [-0.39, 0.29) is 18.4 Å². The van der Waals surface area contributed by atoms with Crippen LogP contribution in [0.15, 0.2) is 60.8 Å². The van der Waals surface area contributed by atoms with Gasteiger partial charge in [0.15, 0.2) is 0 Å². The number of carbonyl (C=O) groups excluding carboxylic acids is 2. The molecule has 134 valence electrons. The van der Waals surface area contributed by atoms with Gasteiger partial charge in [0.05, 0.1) is 6.54 Å². The summed E-state index contributed by atoms with van der Waals surface area (Å²) in [6.07, 6.45) is 2.89. The van der Waals surface area contributed by atoms with Gasteiger partial charge in [-0.05, 0) is 43.0 Å². The second kappa shape index (κ2) is 8.34. The van der Waals surface area contributed by atoms with E-state index in [2.05, 4.69) is 39.6 Å². The normalized spacial score (nSPS) is 10.7. The summed E-state index contributed by atoms with van der Waals surface area (Å²) >= 11 is 0. The van der Waals surface area contributed by atoms with E-state index >= 15 is 0 Å². The maximum Gasteiger partial charge on any atom is 0.251 e. The van der Waals surface area contributed by atoms with Gasteiger partial charge >= 0.3 is 0 Å². The topological polar surface area (TPSA) is 63.1 Å². The third-order valence-corrected chi connectivity index (χ3v) is 4.27. The van der Waals surface area contributed by atoms with Crippen molar-refractivity contribution in [3.8, 4) is 0 Å². The summed E-state index contributed by atoms with van der Waals surface area (Å²) in [5, 5.41) is 6.71. The second-order valence-electron chi connectivity index (χ2n) is 6.32. The molecule has 0 saturated heterocycles. The van der Waals surface area contributed by atoms with E-state index in [1.54, 1.807) is 12.1 Å². The fourth-order valence-electron chi connectivity index (χ4n) is 2.92. The number of rotatable bonds is 7. The molecule has 3 rings (SSSR count). The average Bonchev–Trinajstić information content (AvgIpc) is 3.06. The van der Waals surface area contributed by atoms with Gasteiger partial charge in [0.2, 0.25) is 5.91 Å². The van der Waals surface area contributed by atoms with Gasteiger partial charge in [0.1, 0.15) is 0 Å². The molecule has 1 aromatic heterocycles. The second-order valence-corrected chi connectivity index (χ2v) is 6.32. The molecule has 0 unspecified atom stereocenters. The summed E-state index contributed by atoms with van der Waals surface area (Å²) in [5.74, 6) is -0.411. The highest BCUT2D eigenvalue weighted by atomic mass is 16.2. The van der Waals surface area contributed by atoms with Crippen LogP contribution in [0.1, 0.15) is 22.3 Å². The van der Waals surface area contributed by atoms with Gasteiger partial charge in [0.25, 0.3) is 5.91 Å². The van der Waals surface area contributed by atoms with Crippen LogP contribution in [0.25, 0.3) is 10.9 Å². The third-order valence-electron chi connectivity index (χ3n) is 4.27. The van der Waals surface area contributed by atoms with Gasteiger partial charge in [-0.15, -0.1) is 0 Å². The van der Waals surface area contributed by atoms with Gasteiger partial charge < -0.3 is 15.2 Å². The number of aromatic nitrogens is 1. The van der Waals surface area contributed by atoms with Gasteiger partial charge in [-0.3, -0.25) is 9.59 Å². The molecule has 0 saturated carbocycles. The van der Waals surface area contributed by atoms with Crippen LogP contribution in [0.4, 0.5) is 0 Å². The largest absolute Gasteiger partial charge is 0.355 e. The molecule has 5 nitrogen and oxygen atoms in total. The Bertz CT molecular complexity index is 914. The van der Waals surface area contributed by atoms with Crippen LogP contribution < -0.4 is 10.6 Å². The maximum absolute atomic E-state index is 12.0. The molecule has 0 aliphatic rings. The third kappa shape index (κ3) is 4.51. The van der Waals surface area contributed by atoms with Crippen molar-refractivity contribution in [3.05, 3.63) is 71.9 Å². The summed E-state index contributed by atoms with van der Waals surface area (Å²) in [7, 11) is 0. The highest BCUT2D eigenvalue weighted by Crippen LogP contribution is 2.15. The van der Waals surface area contributed by atoms with Crippen molar-refractivity contribution in [1.82, 2.24) is 15.2 Å². The number of aryl methyl sites for hydroxylation is 2. The molecule has 0 spiro atoms. The Morgan fingerprint density at radius 2 is 1.85 bits per heavy atom. The van der Waals surface area contributed by atoms with Crippen LogP contribution >= 0.6 is 0 Å². The highest BCUT2D eigenvalue weighted by Gasteiger charge is 2.08. The smallest absolute Gasteiger partial charge is 0.251 e. The first-order valence-electron chi connectivity index (χ1n) is 8.79. The zero-order valence-electron chi connectivity index (χ0n) is 14.9. The summed E-state index contributed by atoms with van der Waals surface area (Å²) in [6.45, 7) is 3.33. The first-order chi connectivity index (χ1) is 12.6. The van der Waals surface area contributed by atoms with E-state index < -0.39 is 0 Å². The monoisotopic (exact) mass is 349 g/mol. The molecule has 0 aliphatic heterocycles. The number of para-hydroxylation sites is 1. The molecular weight excluding hydrogens is 326 g/mol. The number of fused-ring (bicyclic) bond motifs is 1. The highest BCUT2D eigenvalue weighted by molar-refractivity contribution is 5.96. The first kappa shape index (κ1) is 17.7. The Kier molecular flexibility index (Phi) is 5.69. The van der Waals surface area contributed by atoms with E-state index in [4.69, 9.17) is 0 Å². The zero-order chi connectivity index (χ0) is 18.4. The van der Waals surface area contributed by atoms with Gasteiger partial charge in [-0.2, -0.15) is 0 Å². The van der Waals surface area contributed by atoms with Crippen molar-refractivity contribution in [1.29, 1.82) is 0 Å². The Labute approximate surface area is 153 Å². The van der Waals surface area contributed by atoms with Crippen LogP contribution in [0.3, 0.4) is 0 Å². The van der Waals surface area contributed by atoms with Crippen LogP contribution in [0.5, 0.6) is 0 Å². The SMILES string of the molecule is Cc1cccc(C(=O)NCC(=O)NCCCn2ccc3ccccc32)c1. The molecule has 0 radical (unpaired) electrons. The number of hydrogen-bond acceptors (Lipinski definition) is 2. The lowest BCUT2D eigenvalue weighted by Crippen LogP contribution is -2.37. The molecule has 3 aromatic rings. The molecule has 2 N–H and O–H groups in total. The molecule has 0 aliphatic carbocycles. The minimum atomic E-state index is -0.234. The predicted octanol–water partition coefficient (Wildman–Crippen LogP) is 2.89. The number of carbonyl (C=O) groups is 2. The quantitative estimate of drug-likeness (QED) is 0.644. The summed E-state index contributed by atoms with van der Waals surface area (Å²) in [4.78, 5) is 23.9. The lowest BCUT2D eigenvalue weighted by molar-refractivity contribution is -0.120. The Morgan fingerprint density at radius 1 is 1.00 bits per heavy atom. The maximum atomic E-state index is 12.0. The molecule has 0 atom stereocenters. The van der Waals surface area contributed by atoms with Crippen molar-refractivity contribution in [2.45, 2.75) is 19.9 Å². The number of amides is 2. The molecule has 26 heavy (non-hydrogen) atoms. The number of nitrogens with one attached hydrogen (secondary N) is 2. The molecule has 0 bridgehead atoms. The van der Waals surface area contributed by atoms with Crippen molar-refractivity contribution >= 4 is 22.7 Å². The summed E-state index contributed by atoms with van der Waals surface area (Å²) in [5.41, 5.74) is 2.78. The van der Waals surface area contributed by atoms with Crippen LogP contribution in [-0.4, -0.2) is 29.5 Å². The molecule has 5 heteroatoms. The predicted molar refractivity (Wildman–Crippen MR) is 103 cm³/mol. The van der Waals surface area contributed by atoms with Crippen LogP contribution in [0, 0.1) is 6.92 Å². The Hall–Kier alpha value is -3.08. The van der Waals surface area contributed by atoms with Gasteiger partial charge in [-0.25, -0.2) is 0 Å². The van der Waals surface area contributed by atoms with Gasteiger partial charge in [-0.1, -0.05) is 35.9 Å². The number of hydrogen-bond donors (Lipinski definition) is 2.